The predicted octanol–water partition coefficient (Wildman–Crippen LogP) is 3.49. The standard InChI is InChI=1S/C22H26N2O5/c1-22(2,3)29-21(26)24-9-10-27-18-11-16(20(23)25)12-19(17(18)13-24)28-14-15-7-5-4-6-8-15/h4-8,11-12H,9-10,13-14H2,1-3H3,(H2,23,25). The van der Waals surface area contributed by atoms with E-state index in [0.717, 1.165) is 5.56 Å². The Balaban J connectivity index is 1.90. The first kappa shape index (κ1) is 20.5. The molecule has 1 aliphatic rings. The van der Waals surface area contributed by atoms with Gasteiger partial charge < -0.3 is 24.8 Å². The van der Waals surface area contributed by atoms with Crippen molar-refractivity contribution < 1.29 is 23.8 Å². The van der Waals surface area contributed by atoms with Gasteiger partial charge in [-0.2, -0.15) is 0 Å². The lowest BCUT2D eigenvalue weighted by Crippen LogP contribution is -2.37. The summed E-state index contributed by atoms with van der Waals surface area (Å²) < 4.78 is 17.3. The molecule has 154 valence electrons. The second-order valence-corrected chi connectivity index (χ2v) is 7.84. The lowest BCUT2D eigenvalue weighted by molar-refractivity contribution is 0.0224. The van der Waals surface area contributed by atoms with Gasteiger partial charge in [-0.25, -0.2) is 4.79 Å². The molecule has 0 saturated heterocycles. The number of amides is 2. The molecule has 7 nitrogen and oxygen atoms in total. The minimum atomic E-state index is -0.602. The molecule has 0 aromatic heterocycles. The third-order valence-electron chi connectivity index (χ3n) is 4.31. The fourth-order valence-corrected chi connectivity index (χ4v) is 2.93. The van der Waals surface area contributed by atoms with Gasteiger partial charge in [0, 0.05) is 5.56 Å². The molecule has 2 aromatic rings. The maximum Gasteiger partial charge on any atom is 0.410 e. The maximum atomic E-state index is 12.6. The number of ether oxygens (including phenoxy) is 3. The Hall–Kier alpha value is -3.22. The van der Waals surface area contributed by atoms with Crippen LogP contribution in [0, 0.1) is 0 Å². The zero-order valence-electron chi connectivity index (χ0n) is 16.9. The molecule has 3 rings (SSSR count). The third-order valence-corrected chi connectivity index (χ3v) is 4.31. The summed E-state index contributed by atoms with van der Waals surface area (Å²) in [5.41, 5.74) is 6.81. The van der Waals surface area contributed by atoms with Gasteiger partial charge in [0.2, 0.25) is 5.91 Å². The smallest absolute Gasteiger partial charge is 0.410 e. The first-order valence-electron chi connectivity index (χ1n) is 9.47. The Labute approximate surface area is 170 Å². The van der Waals surface area contributed by atoms with Crippen molar-refractivity contribution in [2.75, 3.05) is 13.2 Å². The number of carbonyl (C=O) groups is 2. The van der Waals surface area contributed by atoms with Crippen molar-refractivity contribution in [1.82, 2.24) is 4.90 Å². The largest absolute Gasteiger partial charge is 0.491 e. The van der Waals surface area contributed by atoms with Crippen molar-refractivity contribution in [1.29, 1.82) is 0 Å². The molecule has 2 amide bonds. The van der Waals surface area contributed by atoms with E-state index in [-0.39, 0.29) is 18.7 Å². The lowest BCUT2D eigenvalue weighted by atomic mass is 10.1. The Bertz CT molecular complexity index is 890. The van der Waals surface area contributed by atoms with Crippen molar-refractivity contribution in [3.05, 3.63) is 59.2 Å². The summed E-state index contributed by atoms with van der Waals surface area (Å²) in [5, 5.41) is 0. The zero-order chi connectivity index (χ0) is 21.0. The number of rotatable bonds is 4. The first-order chi connectivity index (χ1) is 13.7. The van der Waals surface area contributed by atoms with E-state index < -0.39 is 17.6 Å². The van der Waals surface area contributed by atoms with E-state index in [2.05, 4.69) is 0 Å². The molecule has 0 atom stereocenters. The van der Waals surface area contributed by atoms with Crippen LogP contribution in [0.25, 0.3) is 0 Å². The van der Waals surface area contributed by atoms with Crippen LogP contribution in [0.1, 0.15) is 42.3 Å². The molecule has 29 heavy (non-hydrogen) atoms. The highest BCUT2D eigenvalue weighted by Crippen LogP contribution is 2.34. The van der Waals surface area contributed by atoms with Gasteiger partial charge in [0.15, 0.2) is 0 Å². The number of fused-ring (bicyclic) bond motifs is 1. The monoisotopic (exact) mass is 398 g/mol. The van der Waals surface area contributed by atoms with Crippen LogP contribution in [-0.4, -0.2) is 35.7 Å². The minimum Gasteiger partial charge on any atom is -0.491 e. The van der Waals surface area contributed by atoms with Crippen LogP contribution in [0.4, 0.5) is 4.79 Å². The van der Waals surface area contributed by atoms with Crippen LogP contribution in [-0.2, 0) is 17.9 Å². The first-order valence-corrected chi connectivity index (χ1v) is 9.47. The van der Waals surface area contributed by atoms with Gasteiger partial charge in [-0.1, -0.05) is 30.3 Å². The van der Waals surface area contributed by atoms with Crippen LogP contribution >= 0.6 is 0 Å². The van der Waals surface area contributed by atoms with Crippen molar-refractivity contribution in [3.63, 3.8) is 0 Å². The zero-order valence-corrected chi connectivity index (χ0v) is 16.9. The van der Waals surface area contributed by atoms with Crippen molar-refractivity contribution in [3.8, 4) is 11.5 Å². The summed E-state index contributed by atoms with van der Waals surface area (Å²) in [7, 11) is 0. The summed E-state index contributed by atoms with van der Waals surface area (Å²) in [6, 6.07) is 12.8. The van der Waals surface area contributed by atoms with Crippen molar-refractivity contribution >= 4 is 12.0 Å². The molecule has 0 unspecified atom stereocenters. The van der Waals surface area contributed by atoms with Crippen LogP contribution in [0.15, 0.2) is 42.5 Å². The molecule has 0 saturated carbocycles. The third kappa shape index (κ3) is 5.40. The van der Waals surface area contributed by atoms with E-state index in [0.29, 0.717) is 30.2 Å². The number of carbonyl (C=O) groups excluding carboxylic acids is 2. The number of nitrogens with two attached hydrogens (primary N) is 1. The van der Waals surface area contributed by atoms with E-state index in [4.69, 9.17) is 19.9 Å². The molecule has 0 spiro atoms. The fraction of sp³-hybridized carbons (Fsp3) is 0.364. The second kappa shape index (κ2) is 8.43. The minimum absolute atomic E-state index is 0.243. The molecule has 0 aliphatic carbocycles. The Morgan fingerprint density at radius 1 is 1.17 bits per heavy atom. The van der Waals surface area contributed by atoms with E-state index >= 15 is 0 Å². The van der Waals surface area contributed by atoms with Gasteiger partial charge in [-0.3, -0.25) is 4.79 Å². The number of hydrogen-bond acceptors (Lipinski definition) is 5. The number of benzene rings is 2. The number of primary amides is 1. The SMILES string of the molecule is CC(C)(C)OC(=O)N1CCOc2cc(C(N)=O)cc(OCc3ccccc3)c2C1. The molecule has 0 radical (unpaired) electrons. The van der Waals surface area contributed by atoms with Crippen LogP contribution < -0.4 is 15.2 Å². The highest BCUT2D eigenvalue weighted by atomic mass is 16.6. The molecule has 1 heterocycles. The van der Waals surface area contributed by atoms with Gasteiger partial charge in [0.25, 0.3) is 0 Å². The van der Waals surface area contributed by atoms with Crippen LogP contribution in [0.5, 0.6) is 11.5 Å². The van der Waals surface area contributed by atoms with E-state index in [1.807, 2.05) is 51.1 Å². The molecule has 7 heteroatoms. The molecule has 2 aromatic carbocycles. The highest BCUT2D eigenvalue weighted by Gasteiger charge is 2.28. The Morgan fingerprint density at radius 2 is 1.90 bits per heavy atom. The van der Waals surface area contributed by atoms with Crippen molar-refractivity contribution in [2.45, 2.75) is 39.5 Å². The fourth-order valence-electron chi connectivity index (χ4n) is 2.93. The Kier molecular flexibility index (Phi) is 5.96. The summed E-state index contributed by atoms with van der Waals surface area (Å²) in [4.78, 5) is 25.9. The molecule has 0 fully saturated rings. The van der Waals surface area contributed by atoms with Gasteiger partial charge >= 0.3 is 6.09 Å². The van der Waals surface area contributed by atoms with E-state index in [1.165, 1.54) is 0 Å². The van der Waals surface area contributed by atoms with Gasteiger partial charge in [0.05, 0.1) is 18.7 Å². The quantitative estimate of drug-likeness (QED) is 0.851. The van der Waals surface area contributed by atoms with Crippen molar-refractivity contribution in [2.24, 2.45) is 5.73 Å². The van der Waals surface area contributed by atoms with E-state index in [1.54, 1.807) is 17.0 Å². The molecule has 2 N–H and O–H groups in total. The van der Waals surface area contributed by atoms with E-state index in [9.17, 15) is 9.59 Å². The summed E-state index contributed by atoms with van der Waals surface area (Å²) in [6.45, 7) is 6.64. The van der Waals surface area contributed by atoms with Crippen LogP contribution in [0.2, 0.25) is 0 Å². The molecular weight excluding hydrogens is 372 g/mol. The normalized spacial score (nSPS) is 13.7. The summed E-state index contributed by atoms with van der Waals surface area (Å²) >= 11 is 0. The number of hydrogen-bond donors (Lipinski definition) is 1. The van der Waals surface area contributed by atoms with Gasteiger partial charge in [0.1, 0.15) is 30.3 Å². The predicted molar refractivity (Wildman–Crippen MR) is 108 cm³/mol. The lowest BCUT2D eigenvalue weighted by Gasteiger charge is -2.26. The summed E-state index contributed by atoms with van der Waals surface area (Å²) in [6.07, 6.45) is -0.429. The highest BCUT2D eigenvalue weighted by molar-refractivity contribution is 5.94. The number of nitrogens with zero attached hydrogens (tertiary/aromatic N) is 1. The average molecular weight is 398 g/mol. The van der Waals surface area contributed by atoms with Gasteiger partial charge in [-0.05, 0) is 38.5 Å². The van der Waals surface area contributed by atoms with Gasteiger partial charge in [-0.15, -0.1) is 0 Å². The molecule has 1 aliphatic heterocycles. The van der Waals surface area contributed by atoms with Crippen LogP contribution in [0.3, 0.4) is 0 Å². The topological polar surface area (TPSA) is 91.1 Å². The molecular formula is C22H26N2O5. The maximum absolute atomic E-state index is 12.6. The molecule has 0 bridgehead atoms. The Morgan fingerprint density at radius 3 is 2.55 bits per heavy atom. The average Bonchev–Trinajstić information content (AvgIpc) is 2.88. The second-order valence-electron chi connectivity index (χ2n) is 7.84. The summed E-state index contributed by atoms with van der Waals surface area (Å²) in [5.74, 6) is 0.361.